The van der Waals surface area contributed by atoms with Crippen LogP contribution in [0.25, 0.3) is 21.2 Å². The highest BCUT2D eigenvalue weighted by molar-refractivity contribution is 7.99. The van der Waals surface area contributed by atoms with Crippen molar-refractivity contribution in [3.8, 4) is 0 Å². The fourth-order valence-electron chi connectivity index (χ4n) is 3.17. The standard InChI is InChI=1S/C21H20N2O3S2/c1-11(2)23-20(25)18-12(3)13(4)28-19(18)22-21(23)27-10-15(24)17-9-14-7-5-6-8-16(14)26-17/h5-9,11H,10H2,1-4H3. The van der Waals surface area contributed by atoms with Crippen molar-refractivity contribution < 1.29 is 9.21 Å². The second-order valence-corrected chi connectivity index (χ2v) is 9.13. The lowest BCUT2D eigenvalue weighted by atomic mass is 10.2. The Balaban J connectivity index is 1.68. The van der Waals surface area contributed by atoms with E-state index in [0.29, 0.717) is 21.9 Å². The van der Waals surface area contributed by atoms with Gasteiger partial charge in [-0.05, 0) is 45.4 Å². The van der Waals surface area contributed by atoms with Gasteiger partial charge < -0.3 is 4.42 Å². The molecule has 0 amide bonds. The predicted molar refractivity (Wildman–Crippen MR) is 115 cm³/mol. The van der Waals surface area contributed by atoms with E-state index in [-0.39, 0.29) is 23.1 Å². The second kappa shape index (κ2) is 7.22. The van der Waals surface area contributed by atoms with E-state index in [2.05, 4.69) is 0 Å². The van der Waals surface area contributed by atoms with Crippen molar-refractivity contribution in [2.24, 2.45) is 0 Å². The molecule has 4 rings (SSSR count). The Hall–Kier alpha value is -2.38. The van der Waals surface area contributed by atoms with Gasteiger partial charge in [-0.15, -0.1) is 11.3 Å². The Morgan fingerprint density at radius 2 is 2.04 bits per heavy atom. The Bertz CT molecular complexity index is 1230. The molecule has 0 fully saturated rings. The van der Waals surface area contributed by atoms with Crippen LogP contribution in [0.4, 0.5) is 0 Å². The first-order chi connectivity index (χ1) is 13.4. The lowest BCUT2D eigenvalue weighted by molar-refractivity contribution is 0.0994. The van der Waals surface area contributed by atoms with Crippen molar-refractivity contribution in [3.63, 3.8) is 0 Å². The number of aromatic nitrogens is 2. The zero-order chi connectivity index (χ0) is 20.0. The number of benzene rings is 1. The highest BCUT2D eigenvalue weighted by atomic mass is 32.2. The highest BCUT2D eigenvalue weighted by Crippen LogP contribution is 2.30. The number of carbonyl (C=O) groups excluding carboxylic acids is 1. The Morgan fingerprint density at radius 3 is 2.75 bits per heavy atom. The number of carbonyl (C=O) groups is 1. The molecule has 0 aliphatic rings. The molecular weight excluding hydrogens is 392 g/mol. The molecule has 0 spiro atoms. The number of aryl methyl sites for hydroxylation is 2. The fourth-order valence-corrected chi connectivity index (χ4v) is 5.23. The van der Waals surface area contributed by atoms with Crippen molar-refractivity contribution in [1.29, 1.82) is 0 Å². The van der Waals surface area contributed by atoms with Crippen molar-refractivity contribution in [3.05, 3.63) is 56.9 Å². The van der Waals surface area contributed by atoms with E-state index in [1.807, 2.05) is 52.0 Å². The van der Waals surface area contributed by atoms with Crippen LogP contribution < -0.4 is 5.56 Å². The number of Topliss-reactive ketones (excluding diaryl/α,β-unsaturated/α-hetero) is 1. The quantitative estimate of drug-likeness (QED) is 0.250. The molecule has 28 heavy (non-hydrogen) atoms. The van der Waals surface area contributed by atoms with E-state index in [1.54, 1.807) is 10.6 Å². The Labute approximate surface area is 170 Å². The molecule has 3 heterocycles. The van der Waals surface area contributed by atoms with Crippen LogP contribution in [0.15, 0.2) is 44.7 Å². The van der Waals surface area contributed by atoms with Gasteiger partial charge >= 0.3 is 0 Å². The molecule has 5 nitrogen and oxygen atoms in total. The van der Waals surface area contributed by atoms with Crippen LogP contribution in [-0.4, -0.2) is 21.1 Å². The van der Waals surface area contributed by atoms with E-state index in [4.69, 9.17) is 9.40 Å². The molecule has 0 aliphatic carbocycles. The number of thioether (sulfide) groups is 1. The first-order valence-corrected chi connectivity index (χ1v) is 10.8. The first kappa shape index (κ1) is 19.0. The third kappa shape index (κ3) is 3.18. The summed E-state index contributed by atoms with van der Waals surface area (Å²) in [4.78, 5) is 32.3. The van der Waals surface area contributed by atoms with Crippen molar-refractivity contribution in [1.82, 2.24) is 9.55 Å². The number of nitrogens with zero attached hydrogens (tertiary/aromatic N) is 2. The Kier molecular flexibility index (Phi) is 4.89. The predicted octanol–water partition coefficient (Wildman–Crippen LogP) is 5.38. The molecule has 4 aromatic rings. The van der Waals surface area contributed by atoms with Crippen LogP contribution in [0, 0.1) is 13.8 Å². The van der Waals surface area contributed by atoms with Gasteiger partial charge in [0.25, 0.3) is 5.56 Å². The summed E-state index contributed by atoms with van der Waals surface area (Å²) >= 11 is 2.80. The van der Waals surface area contributed by atoms with Crippen LogP contribution in [-0.2, 0) is 0 Å². The summed E-state index contributed by atoms with van der Waals surface area (Å²) in [5.41, 5.74) is 1.64. The van der Waals surface area contributed by atoms with Crippen molar-refractivity contribution >= 4 is 50.1 Å². The summed E-state index contributed by atoms with van der Waals surface area (Å²) in [6.07, 6.45) is 0. The summed E-state index contributed by atoms with van der Waals surface area (Å²) in [5, 5.41) is 2.15. The molecule has 0 N–H and O–H groups in total. The highest BCUT2D eigenvalue weighted by Gasteiger charge is 2.20. The summed E-state index contributed by atoms with van der Waals surface area (Å²) < 4.78 is 7.34. The van der Waals surface area contributed by atoms with Gasteiger partial charge in [0.1, 0.15) is 10.4 Å². The van der Waals surface area contributed by atoms with Gasteiger partial charge in [-0.1, -0.05) is 30.0 Å². The number of fused-ring (bicyclic) bond motifs is 2. The van der Waals surface area contributed by atoms with E-state index >= 15 is 0 Å². The summed E-state index contributed by atoms with van der Waals surface area (Å²) in [6.45, 7) is 7.86. The molecule has 0 aliphatic heterocycles. The summed E-state index contributed by atoms with van der Waals surface area (Å²) in [7, 11) is 0. The van der Waals surface area contributed by atoms with Crippen LogP contribution in [0.5, 0.6) is 0 Å². The zero-order valence-corrected chi connectivity index (χ0v) is 17.7. The maximum Gasteiger partial charge on any atom is 0.263 e. The number of thiophene rings is 1. The molecule has 1 aromatic carbocycles. The van der Waals surface area contributed by atoms with Gasteiger partial charge in [0.15, 0.2) is 10.9 Å². The van der Waals surface area contributed by atoms with Crippen LogP contribution in [0.3, 0.4) is 0 Å². The van der Waals surface area contributed by atoms with Crippen molar-refractivity contribution in [2.75, 3.05) is 5.75 Å². The number of rotatable bonds is 5. The topological polar surface area (TPSA) is 65.1 Å². The van der Waals surface area contributed by atoms with Crippen LogP contribution >= 0.6 is 23.1 Å². The van der Waals surface area contributed by atoms with Gasteiger partial charge in [0, 0.05) is 16.3 Å². The minimum atomic E-state index is -0.121. The fraction of sp³-hybridized carbons (Fsp3) is 0.286. The van der Waals surface area contributed by atoms with Crippen LogP contribution in [0.2, 0.25) is 0 Å². The third-order valence-electron chi connectivity index (χ3n) is 4.75. The molecule has 0 saturated carbocycles. The maximum absolute atomic E-state index is 13.1. The van der Waals surface area contributed by atoms with Crippen molar-refractivity contribution in [2.45, 2.75) is 38.9 Å². The molecule has 0 bridgehead atoms. The number of para-hydroxylation sites is 1. The number of ketones is 1. The lowest BCUT2D eigenvalue weighted by Crippen LogP contribution is -2.25. The third-order valence-corrected chi connectivity index (χ3v) is 6.81. The van der Waals surface area contributed by atoms with E-state index < -0.39 is 0 Å². The SMILES string of the molecule is Cc1sc2nc(SCC(=O)c3cc4ccccc4o3)n(C(C)C)c(=O)c2c1C. The molecular formula is C21H20N2O3S2. The van der Waals surface area contributed by atoms with Gasteiger partial charge in [0.2, 0.25) is 5.78 Å². The van der Waals surface area contributed by atoms with E-state index in [9.17, 15) is 9.59 Å². The average Bonchev–Trinajstić information content (AvgIpc) is 3.20. The first-order valence-electron chi connectivity index (χ1n) is 9.03. The molecule has 7 heteroatoms. The molecule has 0 unspecified atom stereocenters. The van der Waals surface area contributed by atoms with Gasteiger partial charge in [0.05, 0.1) is 11.1 Å². The average molecular weight is 413 g/mol. The van der Waals surface area contributed by atoms with Gasteiger partial charge in [-0.3, -0.25) is 14.2 Å². The number of furan rings is 1. The number of hydrogen-bond acceptors (Lipinski definition) is 6. The van der Waals surface area contributed by atoms with Gasteiger partial charge in [-0.25, -0.2) is 4.98 Å². The number of hydrogen-bond donors (Lipinski definition) is 0. The largest absolute Gasteiger partial charge is 0.453 e. The second-order valence-electron chi connectivity index (χ2n) is 6.99. The van der Waals surface area contributed by atoms with E-state index in [0.717, 1.165) is 20.7 Å². The summed E-state index contributed by atoms with van der Waals surface area (Å²) in [5.74, 6) is 0.369. The molecule has 0 saturated heterocycles. The minimum absolute atomic E-state index is 0.0412. The Morgan fingerprint density at radius 1 is 1.29 bits per heavy atom. The van der Waals surface area contributed by atoms with E-state index in [1.165, 1.54) is 23.1 Å². The minimum Gasteiger partial charge on any atom is -0.453 e. The lowest BCUT2D eigenvalue weighted by Gasteiger charge is -2.15. The maximum atomic E-state index is 13.1. The normalized spacial score (nSPS) is 11.8. The van der Waals surface area contributed by atoms with Gasteiger partial charge in [-0.2, -0.15) is 0 Å². The smallest absolute Gasteiger partial charge is 0.263 e. The van der Waals surface area contributed by atoms with Crippen LogP contribution in [0.1, 0.15) is 40.9 Å². The molecule has 0 atom stereocenters. The molecule has 0 radical (unpaired) electrons. The zero-order valence-electron chi connectivity index (χ0n) is 16.1. The monoisotopic (exact) mass is 412 g/mol. The summed E-state index contributed by atoms with van der Waals surface area (Å²) in [6, 6.07) is 9.25. The molecule has 3 aromatic heterocycles. The molecule has 144 valence electrons.